The lowest BCUT2D eigenvalue weighted by Crippen LogP contribution is -2.60. The molecule has 2 aliphatic rings. The molecule has 2 rings (SSSR count). The predicted molar refractivity (Wildman–Crippen MR) is 80.0 cm³/mol. The fourth-order valence-corrected chi connectivity index (χ4v) is 2.92. The quantitative estimate of drug-likeness (QED) is 0.730. The first-order valence-electron chi connectivity index (χ1n) is 7.92. The summed E-state index contributed by atoms with van der Waals surface area (Å²) < 4.78 is 0. The van der Waals surface area contributed by atoms with Gasteiger partial charge >= 0.3 is 5.97 Å². The lowest BCUT2D eigenvalue weighted by atomic mass is 10.0. The molecule has 20 heavy (non-hydrogen) atoms. The zero-order valence-corrected chi connectivity index (χ0v) is 13.1. The minimum absolute atomic E-state index is 0.414. The van der Waals surface area contributed by atoms with Crippen LogP contribution in [0.4, 0.5) is 0 Å². The van der Waals surface area contributed by atoms with E-state index in [0.29, 0.717) is 18.6 Å². The molecule has 1 saturated carbocycles. The van der Waals surface area contributed by atoms with Crippen LogP contribution in [0.25, 0.3) is 0 Å². The fourth-order valence-electron chi connectivity index (χ4n) is 2.92. The van der Waals surface area contributed by atoms with E-state index in [1.54, 1.807) is 0 Å². The van der Waals surface area contributed by atoms with E-state index in [2.05, 4.69) is 29.0 Å². The molecular formula is C15H29N3O2. The Morgan fingerprint density at radius 2 is 1.95 bits per heavy atom. The highest BCUT2D eigenvalue weighted by molar-refractivity contribution is 5.78. The van der Waals surface area contributed by atoms with Crippen molar-refractivity contribution in [2.45, 2.75) is 57.7 Å². The molecule has 0 aromatic heterocycles. The molecule has 0 bridgehead atoms. The van der Waals surface area contributed by atoms with E-state index in [-0.39, 0.29) is 0 Å². The predicted octanol–water partition coefficient (Wildman–Crippen LogP) is 0.998. The van der Waals surface area contributed by atoms with Crippen LogP contribution in [0.5, 0.6) is 0 Å². The summed E-state index contributed by atoms with van der Waals surface area (Å²) in [6.07, 6.45) is 3.41. The number of hydrogen-bond acceptors (Lipinski definition) is 4. The van der Waals surface area contributed by atoms with E-state index in [9.17, 15) is 9.90 Å². The van der Waals surface area contributed by atoms with E-state index >= 15 is 0 Å². The highest BCUT2D eigenvalue weighted by Gasteiger charge is 2.40. The Morgan fingerprint density at radius 1 is 1.35 bits per heavy atom. The zero-order valence-electron chi connectivity index (χ0n) is 13.1. The van der Waals surface area contributed by atoms with Crippen molar-refractivity contribution < 1.29 is 9.90 Å². The standard InChI is InChI=1S/C15H29N3O2/c1-4-12(2)18-9-7-17(8-10-18)11-15(3,14(19)20)16-13-5-6-13/h12-13,16H,4-11H2,1-3H3,(H,19,20). The molecule has 0 radical (unpaired) electrons. The van der Waals surface area contributed by atoms with E-state index < -0.39 is 11.5 Å². The first-order valence-corrected chi connectivity index (χ1v) is 7.92. The van der Waals surface area contributed by atoms with Crippen molar-refractivity contribution in [3.8, 4) is 0 Å². The molecule has 0 amide bonds. The average molecular weight is 283 g/mol. The van der Waals surface area contributed by atoms with Gasteiger partial charge in [0.2, 0.25) is 0 Å². The van der Waals surface area contributed by atoms with Gasteiger partial charge in [-0.3, -0.25) is 19.9 Å². The van der Waals surface area contributed by atoms with Crippen LogP contribution < -0.4 is 5.32 Å². The fraction of sp³-hybridized carbons (Fsp3) is 0.933. The summed E-state index contributed by atoms with van der Waals surface area (Å²) in [7, 11) is 0. The van der Waals surface area contributed by atoms with Crippen molar-refractivity contribution in [3.05, 3.63) is 0 Å². The second-order valence-electron chi connectivity index (χ2n) is 6.63. The molecule has 0 aromatic carbocycles. The smallest absolute Gasteiger partial charge is 0.324 e. The van der Waals surface area contributed by atoms with Crippen LogP contribution in [0.2, 0.25) is 0 Å². The number of carbonyl (C=O) groups is 1. The Labute approximate surface area is 122 Å². The van der Waals surface area contributed by atoms with Gasteiger partial charge in [0.1, 0.15) is 5.54 Å². The maximum Gasteiger partial charge on any atom is 0.324 e. The van der Waals surface area contributed by atoms with Gasteiger partial charge in [-0.05, 0) is 33.1 Å². The lowest BCUT2D eigenvalue weighted by Gasteiger charge is -2.41. The van der Waals surface area contributed by atoms with Gasteiger partial charge in [-0.1, -0.05) is 6.92 Å². The second-order valence-corrected chi connectivity index (χ2v) is 6.63. The minimum Gasteiger partial charge on any atom is -0.480 e. The Bertz CT molecular complexity index is 338. The van der Waals surface area contributed by atoms with E-state index in [4.69, 9.17) is 0 Å². The van der Waals surface area contributed by atoms with Crippen molar-refractivity contribution in [2.24, 2.45) is 0 Å². The summed E-state index contributed by atoms with van der Waals surface area (Å²) in [6.45, 7) is 11.0. The van der Waals surface area contributed by atoms with Crippen LogP contribution in [0, 0.1) is 0 Å². The summed E-state index contributed by atoms with van der Waals surface area (Å²) in [5, 5.41) is 12.8. The number of carboxylic acid groups (broad SMARTS) is 1. The SMILES string of the molecule is CCC(C)N1CCN(CC(C)(NC2CC2)C(=O)O)CC1. The molecule has 5 nitrogen and oxygen atoms in total. The third-order valence-corrected chi connectivity index (χ3v) is 4.73. The summed E-state index contributed by atoms with van der Waals surface area (Å²) in [5.74, 6) is -0.728. The normalized spacial score (nSPS) is 26.1. The van der Waals surface area contributed by atoms with Crippen LogP contribution in [-0.2, 0) is 4.79 Å². The van der Waals surface area contributed by atoms with Crippen LogP contribution in [0.1, 0.15) is 40.0 Å². The summed E-state index contributed by atoms with van der Waals surface area (Å²) in [6, 6.07) is 1.05. The third kappa shape index (κ3) is 3.93. The highest BCUT2D eigenvalue weighted by atomic mass is 16.4. The number of rotatable bonds is 7. The Hall–Kier alpha value is -0.650. The first kappa shape index (κ1) is 15.7. The van der Waals surface area contributed by atoms with Gasteiger partial charge in [0.25, 0.3) is 0 Å². The molecule has 2 atom stereocenters. The Kier molecular flexibility index (Phi) is 5.04. The van der Waals surface area contributed by atoms with Crippen LogP contribution in [0.3, 0.4) is 0 Å². The van der Waals surface area contributed by atoms with Gasteiger partial charge in [-0.15, -0.1) is 0 Å². The third-order valence-electron chi connectivity index (χ3n) is 4.73. The number of aliphatic carboxylic acids is 1. The second kappa shape index (κ2) is 6.41. The maximum absolute atomic E-state index is 11.6. The van der Waals surface area contributed by atoms with E-state index in [1.807, 2.05) is 6.92 Å². The highest BCUT2D eigenvalue weighted by Crippen LogP contribution is 2.23. The molecule has 2 N–H and O–H groups in total. The van der Waals surface area contributed by atoms with Crippen molar-refractivity contribution in [3.63, 3.8) is 0 Å². The molecule has 0 spiro atoms. The number of nitrogens with one attached hydrogen (secondary N) is 1. The summed E-state index contributed by atoms with van der Waals surface area (Å²) >= 11 is 0. The summed E-state index contributed by atoms with van der Waals surface area (Å²) in [5.41, 5.74) is -0.806. The van der Waals surface area contributed by atoms with Crippen LogP contribution in [-0.4, -0.2) is 71.2 Å². The molecule has 2 unspecified atom stereocenters. The average Bonchev–Trinajstić information content (AvgIpc) is 3.22. The van der Waals surface area contributed by atoms with E-state index in [1.165, 1.54) is 6.42 Å². The van der Waals surface area contributed by atoms with Crippen molar-refractivity contribution in [1.29, 1.82) is 0 Å². The van der Waals surface area contributed by atoms with Gasteiger partial charge in [-0.25, -0.2) is 0 Å². The van der Waals surface area contributed by atoms with Crippen molar-refractivity contribution >= 4 is 5.97 Å². The monoisotopic (exact) mass is 283 g/mol. The van der Waals surface area contributed by atoms with Crippen molar-refractivity contribution in [1.82, 2.24) is 15.1 Å². The molecule has 2 fully saturated rings. The molecule has 116 valence electrons. The lowest BCUT2D eigenvalue weighted by molar-refractivity contribution is -0.145. The molecular weight excluding hydrogens is 254 g/mol. The van der Waals surface area contributed by atoms with Gasteiger partial charge < -0.3 is 5.11 Å². The minimum atomic E-state index is -0.806. The number of piperazine rings is 1. The number of hydrogen-bond donors (Lipinski definition) is 2. The van der Waals surface area contributed by atoms with Gasteiger partial charge in [0.15, 0.2) is 0 Å². The zero-order chi connectivity index (χ0) is 14.8. The van der Waals surface area contributed by atoms with Crippen LogP contribution in [0.15, 0.2) is 0 Å². The molecule has 1 heterocycles. The summed E-state index contributed by atoms with van der Waals surface area (Å²) in [4.78, 5) is 16.4. The van der Waals surface area contributed by atoms with Gasteiger partial charge in [0.05, 0.1) is 0 Å². The van der Waals surface area contributed by atoms with Crippen molar-refractivity contribution in [2.75, 3.05) is 32.7 Å². The Morgan fingerprint density at radius 3 is 2.40 bits per heavy atom. The van der Waals surface area contributed by atoms with E-state index in [0.717, 1.165) is 39.0 Å². The maximum atomic E-state index is 11.6. The Balaban J connectivity index is 1.84. The largest absolute Gasteiger partial charge is 0.480 e. The molecule has 0 aromatic rings. The van der Waals surface area contributed by atoms with Gasteiger partial charge in [-0.2, -0.15) is 0 Å². The molecule has 1 saturated heterocycles. The first-order chi connectivity index (χ1) is 9.44. The molecule has 1 aliphatic carbocycles. The topological polar surface area (TPSA) is 55.8 Å². The number of nitrogens with zero attached hydrogens (tertiary/aromatic N) is 2. The molecule has 5 heteroatoms. The number of carboxylic acids is 1. The van der Waals surface area contributed by atoms with Gasteiger partial charge in [0, 0.05) is 44.8 Å². The molecule has 1 aliphatic heterocycles. The van der Waals surface area contributed by atoms with Crippen LogP contribution >= 0.6 is 0 Å².